The number of carbonyl (C=O) groups excluding carboxylic acids is 1. The first-order chi connectivity index (χ1) is 11.5. The Morgan fingerprint density at radius 2 is 1.92 bits per heavy atom. The zero-order valence-corrected chi connectivity index (χ0v) is 16.5. The van der Waals surface area contributed by atoms with E-state index in [1.807, 2.05) is 0 Å². The van der Waals surface area contributed by atoms with Gasteiger partial charge in [-0.25, -0.2) is 16.8 Å². The van der Waals surface area contributed by atoms with E-state index in [0.29, 0.717) is 9.99 Å². The van der Waals surface area contributed by atoms with Crippen molar-refractivity contribution >= 4 is 52.8 Å². The number of primary amides is 1. The molecule has 2 aromatic rings. The maximum absolute atomic E-state index is 12.7. The topological polar surface area (TPSA) is 151 Å². The lowest BCUT2D eigenvalue weighted by molar-refractivity contribution is 0.0993. The first-order valence-electron chi connectivity index (χ1n) is 7.10. The summed E-state index contributed by atoms with van der Waals surface area (Å²) >= 11 is 3.24. The van der Waals surface area contributed by atoms with E-state index in [-0.39, 0.29) is 21.7 Å². The van der Waals surface area contributed by atoms with E-state index in [9.17, 15) is 21.6 Å². The van der Waals surface area contributed by atoms with E-state index in [1.165, 1.54) is 19.9 Å². The van der Waals surface area contributed by atoms with Gasteiger partial charge >= 0.3 is 0 Å². The van der Waals surface area contributed by atoms with Crippen molar-refractivity contribution in [3.05, 3.63) is 28.4 Å². The van der Waals surface area contributed by atoms with E-state index in [4.69, 9.17) is 5.73 Å². The standard InChI is InChI=1S/C13H17BrN4O5S2/c1-3-24(20,21)17-7(2)18-25(22,23)12-9-6-8(14)4-5-10(9)16-11(12)13(15)19/h4-7,16-18H,3H2,1-2H3,(H2,15,19). The summed E-state index contributed by atoms with van der Waals surface area (Å²) in [6.07, 6.45) is -1.12. The van der Waals surface area contributed by atoms with E-state index in [0.717, 1.165) is 0 Å². The van der Waals surface area contributed by atoms with E-state index in [2.05, 4.69) is 30.4 Å². The van der Waals surface area contributed by atoms with Crippen LogP contribution in [0.25, 0.3) is 10.9 Å². The van der Waals surface area contributed by atoms with Crippen molar-refractivity contribution in [3.63, 3.8) is 0 Å². The number of amides is 1. The number of hydrogen-bond donors (Lipinski definition) is 4. The Bertz CT molecular complexity index is 1030. The average molecular weight is 453 g/mol. The first kappa shape index (κ1) is 19.8. The Morgan fingerprint density at radius 3 is 2.48 bits per heavy atom. The Morgan fingerprint density at radius 1 is 1.28 bits per heavy atom. The Kier molecular flexibility index (Phi) is 5.59. The number of carbonyl (C=O) groups is 1. The lowest BCUT2D eigenvalue weighted by Crippen LogP contribution is -2.46. The lowest BCUT2D eigenvalue weighted by atomic mass is 10.2. The van der Waals surface area contributed by atoms with Crippen LogP contribution in [-0.4, -0.2) is 39.6 Å². The molecule has 0 aliphatic carbocycles. The maximum Gasteiger partial charge on any atom is 0.266 e. The van der Waals surface area contributed by atoms with Crippen molar-refractivity contribution in [2.45, 2.75) is 24.9 Å². The molecule has 1 atom stereocenters. The van der Waals surface area contributed by atoms with Crippen LogP contribution >= 0.6 is 15.9 Å². The number of fused-ring (bicyclic) bond motifs is 1. The summed E-state index contributed by atoms with van der Waals surface area (Å²) in [4.78, 5) is 14.0. The monoisotopic (exact) mass is 452 g/mol. The number of rotatable bonds is 7. The summed E-state index contributed by atoms with van der Waals surface area (Å²) in [6.45, 7) is 2.76. The molecule has 25 heavy (non-hydrogen) atoms. The normalized spacial score (nSPS) is 13.9. The van der Waals surface area contributed by atoms with Crippen LogP contribution in [0, 0.1) is 0 Å². The third kappa shape index (κ3) is 4.39. The van der Waals surface area contributed by atoms with Crippen molar-refractivity contribution in [3.8, 4) is 0 Å². The van der Waals surface area contributed by atoms with Crippen LogP contribution in [0.1, 0.15) is 24.3 Å². The van der Waals surface area contributed by atoms with Crippen molar-refractivity contribution < 1.29 is 21.6 Å². The summed E-state index contributed by atoms with van der Waals surface area (Å²) in [7, 11) is -7.87. The third-order valence-electron chi connectivity index (χ3n) is 3.30. The summed E-state index contributed by atoms with van der Waals surface area (Å²) in [5, 5.41) is 0.251. The molecule has 12 heteroatoms. The molecule has 0 aliphatic rings. The second-order valence-electron chi connectivity index (χ2n) is 5.25. The SMILES string of the molecule is CCS(=O)(=O)NC(C)NS(=O)(=O)c1c(C(N)=O)[nH]c2ccc(Br)cc12. The third-order valence-corrected chi connectivity index (χ3v) is 6.89. The molecule has 5 N–H and O–H groups in total. The molecule has 0 aliphatic heterocycles. The van der Waals surface area contributed by atoms with Gasteiger partial charge in [-0.05, 0) is 32.0 Å². The van der Waals surface area contributed by atoms with Gasteiger partial charge in [0.15, 0.2) is 0 Å². The van der Waals surface area contributed by atoms with Gasteiger partial charge in [-0.2, -0.15) is 9.44 Å². The summed E-state index contributed by atoms with van der Waals surface area (Å²) < 4.78 is 53.6. The fraction of sp³-hybridized carbons (Fsp3) is 0.308. The fourth-order valence-corrected chi connectivity index (χ4v) is 4.98. The van der Waals surface area contributed by atoms with E-state index in [1.54, 1.807) is 12.1 Å². The van der Waals surface area contributed by atoms with Crippen LogP contribution in [0.5, 0.6) is 0 Å². The Balaban J connectivity index is 2.53. The van der Waals surface area contributed by atoms with Gasteiger partial charge in [-0.3, -0.25) is 4.79 Å². The minimum atomic E-state index is -4.25. The van der Waals surface area contributed by atoms with Crippen LogP contribution in [0.2, 0.25) is 0 Å². The van der Waals surface area contributed by atoms with Gasteiger partial charge in [0.2, 0.25) is 20.0 Å². The van der Waals surface area contributed by atoms with Crippen LogP contribution in [0.4, 0.5) is 0 Å². The van der Waals surface area contributed by atoms with Crippen LogP contribution in [0.3, 0.4) is 0 Å². The number of aromatic amines is 1. The molecule has 1 heterocycles. The highest BCUT2D eigenvalue weighted by atomic mass is 79.9. The lowest BCUT2D eigenvalue weighted by Gasteiger charge is -2.15. The zero-order valence-electron chi connectivity index (χ0n) is 13.3. The molecule has 0 radical (unpaired) electrons. The number of hydrogen-bond acceptors (Lipinski definition) is 5. The van der Waals surface area contributed by atoms with Gasteiger partial charge in [0, 0.05) is 15.4 Å². The number of halogens is 1. The van der Waals surface area contributed by atoms with E-state index >= 15 is 0 Å². The molecule has 0 spiro atoms. The molecule has 138 valence electrons. The van der Waals surface area contributed by atoms with Gasteiger partial charge in [0.1, 0.15) is 10.6 Å². The molecule has 2 rings (SSSR count). The molecular weight excluding hydrogens is 436 g/mol. The van der Waals surface area contributed by atoms with Gasteiger partial charge < -0.3 is 10.7 Å². The minimum absolute atomic E-state index is 0.203. The Hall–Kier alpha value is -1.47. The van der Waals surface area contributed by atoms with Crippen molar-refractivity contribution in [1.29, 1.82) is 0 Å². The van der Waals surface area contributed by atoms with Crippen molar-refractivity contribution in [1.82, 2.24) is 14.4 Å². The molecule has 0 saturated heterocycles. The predicted molar refractivity (Wildman–Crippen MR) is 96.9 cm³/mol. The molecule has 0 bridgehead atoms. The number of sulfonamides is 2. The number of nitrogens with two attached hydrogens (primary N) is 1. The van der Waals surface area contributed by atoms with Crippen molar-refractivity contribution in [2.24, 2.45) is 5.73 Å². The predicted octanol–water partition coefficient (Wildman–Crippen LogP) is 0.593. The second kappa shape index (κ2) is 7.03. The summed E-state index contributed by atoms with van der Waals surface area (Å²) in [5.74, 6) is -1.15. The van der Waals surface area contributed by atoms with Crippen LogP contribution in [-0.2, 0) is 20.0 Å². The smallest absolute Gasteiger partial charge is 0.266 e. The molecular formula is C13H17BrN4O5S2. The summed E-state index contributed by atoms with van der Waals surface area (Å²) in [6, 6.07) is 4.78. The highest BCUT2D eigenvalue weighted by Gasteiger charge is 2.29. The maximum atomic E-state index is 12.7. The highest BCUT2D eigenvalue weighted by Crippen LogP contribution is 2.29. The zero-order chi connectivity index (χ0) is 19.0. The van der Waals surface area contributed by atoms with Gasteiger partial charge in [-0.15, -0.1) is 0 Å². The number of H-pyrrole nitrogens is 1. The Labute approximate surface area is 153 Å². The first-order valence-corrected chi connectivity index (χ1v) is 11.0. The van der Waals surface area contributed by atoms with Crippen LogP contribution < -0.4 is 15.2 Å². The molecule has 1 aromatic carbocycles. The molecule has 0 fully saturated rings. The highest BCUT2D eigenvalue weighted by molar-refractivity contribution is 9.10. The number of benzene rings is 1. The number of aromatic nitrogens is 1. The van der Waals surface area contributed by atoms with E-state index < -0.39 is 32.1 Å². The summed E-state index contributed by atoms with van der Waals surface area (Å²) in [5.41, 5.74) is 5.40. The molecule has 1 aromatic heterocycles. The van der Waals surface area contributed by atoms with Gasteiger partial charge in [0.05, 0.1) is 11.9 Å². The second-order valence-corrected chi connectivity index (χ2v) is 9.86. The van der Waals surface area contributed by atoms with Crippen molar-refractivity contribution in [2.75, 3.05) is 5.75 Å². The van der Waals surface area contributed by atoms with Crippen LogP contribution in [0.15, 0.2) is 27.6 Å². The number of nitrogens with one attached hydrogen (secondary N) is 3. The molecule has 1 unspecified atom stereocenters. The minimum Gasteiger partial charge on any atom is -0.364 e. The largest absolute Gasteiger partial charge is 0.364 e. The van der Waals surface area contributed by atoms with Gasteiger partial charge in [0.25, 0.3) is 5.91 Å². The molecule has 1 amide bonds. The molecule has 9 nitrogen and oxygen atoms in total. The average Bonchev–Trinajstić information content (AvgIpc) is 2.85. The quantitative estimate of drug-likeness (QED) is 0.453. The molecule has 0 saturated carbocycles. The van der Waals surface area contributed by atoms with Gasteiger partial charge in [-0.1, -0.05) is 15.9 Å². The fourth-order valence-electron chi connectivity index (χ4n) is 2.26.